The molecule has 5 rings (SSSR count). The van der Waals surface area contributed by atoms with Crippen LogP contribution in [0.2, 0.25) is 0 Å². The highest BCUT2D eigenvalue weighted by atomic mass is 16.5. The van der Waals surface area contributed by atoms with Gasteiger partial charge >= 0.3 is 0 Å². The zero-order valence-corrected chi connectivity index (χ0v) is 16.7. The summed E-state index contributed by atoms with van der Waals surface area (Å²) in [5.41, 5.74) is 4.98. The van der Waals surface area contributed by atoms with E-state index in [1.165, 1.54) is 5.56 Å². The molecule has 1 aromatic heterocycles. The zero-order valence-electron chi connectivity index (χ0n) is 16.7. The molecule has 3 heterocycles. The van der Waals surface area contributed by atoms with Gasteiger partial charge in [0.05, 0.1) is 24.4 Å². The number of fused-ring (bicyclic) bond motifs is 2. The van der Waals surface area contributed by atoms with Crippen molar-refractivity contribution in [1.82, 2.24) is 15.1 Å². The highest BCUT2D eigenvalue weighted by Gasteiger charge is 2.37. The Kier molecular flexibility index (Phi) is 4.48. The van der Waals surface area contributed by atoms with Crippen LogP contribution in [0.15, 0.2) is 18.2 Å². The van der Waals surface area contributed by atoms with Crippen LogP contribution in [0, 0.1) is 6.92 Å². The Bertz CT molecular complexity index is 900. The summed E-state index contributed by atoms with van der Waals surface area (Å²) in [4.78, 5) is 4.72. The summed E-state index contributed by atoms with van der Waals surface area (Å²) in [6.07, 6.45) is 4.45. The topological polar surface area (TPSA) is 61.7 Å². The molecule has 0 saturated carbocycles. The second kappa shape index (κ2) is 7.01. The van der Waals surface area contributed by atoms with Gasteiger partial charge in [-0.3, -0.25) is 0 Å². The molecular weight excluding hydrogens is 352 g/mol. The number of aromatic hydroxyl groups is 1. The molecule has 6 heteroatoms. The fraction of sp³-hybridized carbons (Fsp3) is 0.545. The molecule has 0 unspecified atom stereocenters. The van der Waals surface area contributed by atoms with Crippen LogP contribution in [0.25, 0.3) is 11.3 Å². The molecule has 0 bridgehead atoms. The summed E-state index contributed by atoms with van der Waals surface area (Å²) in [6.45, 7) is 5.70. The van der Waals surface area contributed by atoms with Gasteiger partial charge in [0, 0.05) is 25.2 Å². The highest BCUT2D eigenvalue weighted by Crippen LogP contribution is 2.39. The van der Waals surface area contributed by atoms with Crippen LogP contribution in [0.4, 0.5) is 5.82 Å². The minimum absolute atomic E-state index is 0.271. The van der Waals surface area contributed by atoms with Crippen molar-refractivity contribution >= 4 is 5.82 Å². The number of likely N-dealkylation sites (N-methyl/N-ethyl adjacent to an activating group) is 1. The molecule has 0 amide bonds. The summed E-state index contributed by atoms with van der Waals surface area (Å²) < 4.78 is 6.01. The van der Waals surface area contributed by atoms with Crippen molar-refractivity contribution in [3.63, 3.8) is 0 Å². The maximum atomic E-state index is 10.8. The predicted octanol–water partition coefficient (Wildman–Crippen LogP) is 2.56. The average molecular weight is 380 g/mol. The molecule has 2 aliphatic heterocycles. The van der Waals surface area contributed by atoms with Crippen molar-refractivity contribution in [2.45, 2.75) is 44.8 Å². The normalized spacial score (nSPS) is 24.9. The van der Waals surface area contributed by atoms with Crippen molar-refractivity contribution < 1.29 is 9.84 Å². The number of nitrogens with zero attached hydrogens (tertiary/aromatic N) is 4. The van der Waals surface area contributed by atoms with Crippen molar-refractivity contribution in [1.29, 1.82) is 0 Å². The second-order valence-corrected chi connectivity index (χ2v) is 8.41. The number of ether oxygens (including phenoxy) is 1. The number of phenols is 1. The molecule has 3 aliphatic rings. The van der Waals surface area contributed by atoms with Crippen LogP contribution in [0.5, 0.6) is 5.75 Å². The predicted molar refractivity (Wildman–Crippen MR) is 109 cm³/mol. The summed E-state index contributed by atoms with van der Waals surface area (Å²) in [6, 6.07) is 6.57. The second-order valence-electron chi connectivity index (χ2n) is 8.41. The van der Waals surface area contributed by atoms with Crippen LogP contribution in [-0.2, 0) is 17.6 Å². The number of morpholine rings is 1. The third kappa shape index (κ3) is 2.95. The van der Waals surface area contributed by atoms with Gasteiger partial charge in [-0.2, -0.15) is 0 Å². The van der Waals surface area contributed by atoms with Crippen LogP contribution in [-0.4, -0.2) is 65.6 Å². The monoisotopic (exact) mass is 380 g/mol. The molecular formula is C22H28N4O2. The number of phenolic OH excluding ortho intramolecular Hbond substituents is 1. The Labute approximate surface area is 166 Å². The highest BCUT2D eigenvalue weighted by molar-refractivity contribution is 5.73. The Morgan fingerprint density at radius 1 is 1.18 bits per heavy atom. The van der Waals surface area contributed by atoms with E-state index in [0.717, 1.165) is 80.1 Å². The quantitative estimate of drug-likeness (QED) is 0.864. The van der Waals surface area contributed by atoms with Gasteiger partial charge in [-0.1, -0.05) is 6.07 Å². The van der Waals surface area contributed by atoms with E-state index < -0.39 is 0 Å². The smallest absolute Gasteiger partial charge is 0.152 e. The lowest BCUT2D eigenvalue weighted by Gasteiger charge is -2.46. The lowest BCUT2D eigenvalue weighted by atomic mass is 9.98. The van der Waals surface area contributed by atoms with Crippen LogP contribution >= 0.6 is 0 Å². The maximum Gasteiger partial charge on any atom is 0.152 e. The van der Waals surface area contributed by atoms with Gasteiger partial charge in [-0.15, -0.1) is 10.2 Å². The van der Waals surface area contributed by atoms with E-state index in [1.54, 1.807) is 0 Å². The first-order valence-corrected chi connectivity index (χ1v) is 10.4. The zero-order chi connectivity index (χ0) is 19.3. The van der Waals surface area contributed by atoms with E-state index in [2.05, 4.69) is 46.1 Å². The van der Waals surface area contributed by atoms with Gasteiger partial charge in [0.2, 0.25) is 0 Å². The van der Waals surface area contributed by atoms with Crippen molar-refractivity contribution in [3.8, 4) is 17.0 Å². The number of aryl methyl sites for hydroxylation is 2. The third-order valence-electron chi connectivity index (χ3n) is 6.56. The third-order valence-corrected chi connectivity index (χ3v) is 6.56. The number of hydrogen-bond acceptors (Lipinski definition) is 6. The molecule has 1 aromatic carbocycles. The molecule has 0 spiro atoms. The van der Waals surface area contributed by atoms with Gasteiger partial charge in [0.25, 0.3) is 0 Å². The lowest BCUT2D eigenvalue weighted by Crippen LogP contribution is -2.59. The number of anilines is 1. The summed E-state index contributed by atoms with van der Waals surface area (Å²) >= 11 is 0. The Balaban J connectivity index is 1.47. The molecule has 1 N–H and O–H groups in total. The number of hydrogen-bond donors (Lipinski definition) is 1. The summed E-state index contributed by atoms with van der Waals surface area (Å²) in [5.74, 6) is 1.30. The minimum Gasteiger partial charge on any atom is -0.507 e. The van der Waals surface area contributed by atoms with E-state index >= 15 is 0 Å². The largest absolute Gasteiger partial charge is 0.507 e. The summed E-state index contributed by atoms with van der Waals surface area (Å²) in [5, 5.41) is 19.9. The van der Waals surface area contributed by atoms with Gasteiger partial charge in [0.1, 0.15) is 5.75 Å². The average Bonchev–Trinajstić information content (AvgIpc) is 3.18. The van der Waals surface area contributed by atoms with Crippen molar-refractivity contribution in [2.75, 3.05) is 38.2 Å². The molecule has 2 atom stereocenters. The molecule has 1 aliphatic carbocycles. The molecule has 0 radical (unpaired) electrons. The van der Waals surface area contributed by atoms with Gasteiger partial charge < -0.3 is 19.6 Å². The number of likely N-dealkylation sites (tertiary alicyclic amines) is 1. The fourth-order valence-electron chi connectivity index (χ4n) is 5.03. The van der Waals surface area contributed by atoms with E-state index in [4.69, 9.17) is 4.74 Å². The number of aromatic nitrogens is 2. The van der Waals surface area contributed by atoms with Crippen LogP contribution < -0.4 is 4.90 Å². The number of piperidine rings is 1. The molecule has 2 saturated heterocycles. The Morgan fingerprint density at radius 2 is 2.07 bits per heavy atom. The van der Waals surface area contributed by atoms with Crippen LogP contribution in [0.3, 0.4) is 0 Å². The minimum atomic E-state index is 0.271. The molecule has 148 valence electrons. The fourth-order valence-corrected chi connectivity index (χ4v) is 5.03. The Hall–Kier alpha value is -2.18. The maximum absolute atomic E-state index is 10.8. The molecule has 28 heavy (non-hydrogen) atoms. The summed E-state index contributed by atoms with van der Waals surface area (Å²) in [7, 11) is 2.17. The van der Waals surface area contributed by atoms with E-state index in [9.17, 15) is 5.11 Å². The number of benzene rings is 1. The van der Waals surface area contributed by atoms with E-state index in [0.29, 0.717) is 11.8 Å². The number of rotatable bonds is 2. The van der Waals surface area contributed by atoms with Gasteiger partial charge in [-0.25, -0.2) is 0 Å². The standard InChI is InChI=1S/C22H28N4O2/c1-14-12-20(26-10-11-28-19-8-9-25(2)13-18(19)26)23-24-21(14)17-7-6-15-4-3-5-16(15)22(17)27/h6-7,12,18-19,27H,3-5,8-11,13H2,1-2H3/t18-,19+/m0/s1. The first-order valence-electron chi connectivity index (χ1n) is 10.4. The Morgan fingerprint density at radius 3 is 2.93 bits per heavy atom. The lowest BCUT2D eigenvalue weighted by molar-refractivity contribution is -0.0246. The first-order chi connectivity index (χ1) is 13.6. The molecule has 2 aromatic rings. The van der Waals surface area contributed by atoms with Crippen LogP contribution in [0.1, 0.15) is 29.5 Å². The van der Waals surface area contributed by atoms with Crippen molar-refractivity contribution in [2.24, 2.45) is 0 Å². The molecule has 6 nitrogen and oxygen atoms in total. The SMILES string of the molecule is Cc1cc(N2CCO[C@@H]3CCN(C)C[C@@H]32)nnc1-c1ccc2c(c1O)CCC2. The van der Waals surface area contributed by atoms with Gasteiger partial charge in [0.15, 0.2) is 5.82 Å². The van der Waals surface area contributed by atoms with E-state index in [1.807, 2.05) is 6.07 Å². The molecule has 2 fully saturated rings. The first kappa shape index (κ1) is 17.9. The van der Waals surface area contributed by atoms with Crippen molar-refractivity contribution in [3.05, 3.63) is 34.9 Å². The van der Waals surface area contributed by atoms with Gasteiger partial charge in [-0.05, 0) is 68.5 Å². The van der Waals surface area contributed by atoms with E-state index in [-0.39, 0.29) is 6.10 Å².